The number of nitrogens with one attached hydrogen (secondary N) is 1. The topological polar surface area (TPSA) is 95.9 Å². The van der Waals surface area contributed by atoms with Crippen molar-refractivity contribution in [2.24, 2.45) is 0 Å². The number of amides is 2. The first-order chi connectivity index (χ1) is 15.4. The Bertz CT molecular complexity index is 1040. The second-order valence-electron chi connectivity index (χ2n) is 8.00. The van der Waals surface area contributed by atoms with Gasteiger partial charge in [0, 0.05) is 13.0 Å². The summed E-state index contributed by atoms with van der Waals surface area (Å²) in [4.78, 5) is 36.5. The van der Waals surface area contributed by atoms with Crippen LogP contribution < -0.4 is 5.32 Å². The lowest BCUT2D eigenvalue weighted by atomic mass is 9.98. The third-order valence-corrected chi connectivity index (χ3v) is 5.95. The number of ether oxygens (including phenoxy) is 1. The second-order valence-corrected chi connectivity index (χ2v) is 8.00. The van der Waals surface area contributed by atoms with E-state index >= 15 is 0 Å². The highest BCUT2D eigenvalue weighted by Gasteiger charge is 2.60. The number of carbonyl (C=O) groups is 3. The SMILES string of the molecule is C[C@@H](C(=O)O)N(C)C(=O)C(C)(NC(=O)OCC1c2ccccc2-c2ccccc21)C(F)(F)F. The molecule has 2 amide bonds. The Kier molecular flexibility index (Phi) is 6.40. The van der Waals surface area contributed by atoms with Crippen molar-refractivity contribution in [3.63, 3.8) is 0 Å². The van der Waals surface area contributed by atoms with Gasteiger partial charge in [-0.05, 0) is 36.1 Å². The van der Waals surface area contributed by atoms with Gasteiger partial charge in [-0.1, -0.05) is 48.5 Å². The number of fused-ring (bicyclic) bond motifs is 3. The molecule has 33 heavy (non-hydrogen) atoms. The number of hydrogen-bond donors (Lipinski definition) is 2. The molecule has 0 radical (unpaired) electrons. The highest BCUT2D eigenvalue weighted by atomic mass is 19.4. The number of halogens is 3. The maximum atomic E-state index is 13.8. The average molecular weight is 464 g/mol. The monoisotopic (exact) mass is 464 g/mol. The number of carboxylic acids is 1. The molecule has 176 valence electrons. The summed E-state index contributed by atoms with van der Waals surface area (Å²) in [6.07, 6.45) is -6.65. The number of rotatable bonds is 6. The molecule has 0 aromatic heterocycles. The Morgan fingerprint density at radius 2 is 1.55 bits per heavy atom. The second kappa shape index (κ2) is 8.76. The molecule has 3 rings (SSSR count). The Labute approximate surface area is 188 Å². The van der Waals surface area contributed by atoms with Crippen LogP contribution in [0.5, 0.6) is 0 Å². The summed E-state index contributed by atoms with van der Waals surface area (Å²) in [7, 11) is 0.921. The summed E-state index contributed by atoms with van der Waals surface area (Å²) in [6.45, 7) is 1.29. The normalized spacial score (nSPS) is 15.6. The van der Waals surface area contributed by atoms with Crippen LogP contribution in [0.1, 0.15) is 30.9 Å². The highest BCUT2D eigenvalue weighted by molar-refractivity contribution is 5.93. The smallest absolute Gasteiger partial charge is 0.420 e. The van der Waals surface area contributed by atoms with Crippen LogP contribution in [-0.4, -0.2) is 59.4 Å². The molecule has 0 bridgehead atoms. The Balaban J connectivity index is 1.78. The zero-order valence-corrected chi connectivity index (χ0v) is 18.1. The molecular weight excluding hydrogens is 441 g/mol. The predicted octanol–water partition coefficient (Wildman–Crippen LogP) is 3.78. The summed E-state index contributed by atoms with van der Waals surface area (Å²) in [5.41, 5.74) is 0.254. The van der Waals surface area contributed by atoms with Gasteiger partial charge < -0.3 is 14.7 Å². The number of benzene rings is 2. The maximum Gasteiger partial charge on any atom is 0.420 e. The van der Waals surface area contributed by atoms with Crippen LogP contribution in [0.15, 0.2) is 48.5 Å². The van der Waals surface area contributed by atoms with Gasteiger partial charge in [-0.25, -0.2) is 9.59 Å². The lowest BCUT2D eigenvalue weighted by molar-refractivity contribution is -0.201. The number of nitrogens with zero attached hydrogens (tertiary/aromatic N) is 1. The van der Waals surface area contributed by atoms with Gasteiger partial charge in [-0.2, -0.15) is 13.2 Å². The molecule has 1 unspecified atom stereocenters. The van der Waals surface area contributed by atoms with Gasteiger partial charge in [0.15, 0.2) is 0 Å². The van der Waals surface area contributed by atoms with Crippen LogP contribution in [-0.2, 0) is 14.3 Å². The third kappa shape index (κ3) is 4.37. The van der Waals surface area contributed by atoms with Crippen LogP contribution in [0.25, 0.3) is 11.1 Å². The van der Waals surface area contributed by atoms with E-state index in [1.54, 1.807) is 5.32 Å². The fourth-order valence-corrected chi connectivity index (χ4v) is 3.78. The number of alkyl halides is 3. The van der Waals surface area contributed by atoms with Gasteiger partial charge in [0.2, 0.25) is 5.54 Å². The first kappa shape index (κ1) is 24.1. The first-order valence-corrected chi connectivity index (χ1v) is 10.1. The summed E-state index contributed by atoms with van der Waals surface area (Å²) < 4.78 is 46.6. The molecule has 2 aromatic carbocycles. The van der Waals surface area contributed by atoms with E-state index in [0.717, 1.165) is 36.2 Å². The van der Waals surface area contributed by atoms with Crippen LogP contribution in [0.4, 0.5) is 18.0 Å². The minimum atomic E-state index is -5.21. The van der Waals surface area contributed by atoms with Crippen molar-refractivity contribution in [1.82, 2.24) is 10.2 Å². The molecule has 2 N–H and O–H groups in total. The molecule has 0 heterocycles. The predicted molar refractivity (Wildman–Crippen MR) is 113 cm³/mol. The van der Waals surface area contributed by atoms with E-state index in [0.29, 0.717) is 11.8 Å². The van der Waals surface area contributed by atoms with Crippen LogP contribution in [0.3, 0.4) is 0 Å². The lowest BCUT2D eigenvalue weighted by Crippen LogP contribution is -2.66. The van der Waals surface area contributed by atoms with Crippen molar-refractivity contribution >= 4 is 18.0 Å². The quantitative estimate of drug-likeness (QED) is 0.679. The number of carboxylic acid groups (broad SMARTS) is 1. The number of likely N-dealkylation sites (N-methyl/N-ethyl adjacent to an activating group) is 1. The van der Waals surface area contributed by atoms with Crippen LogP contribution in [0.2, 0.25) is 0 Å². The molecule has 0 fully saturated rings. The van der Waals surface area contributed by atoms with Crippen molar-refractivity contribution in [2.45, 2.75) is 37.5 Å². The van der Waals surface area contributed by atoms with Crippen LogP contribution in [0, 0.1) is 0 Å². The van der Waals surface area contributed by atoms with Crippen molar-refractivity contribution in [2.75, 3.05) is 13.7 Å². The van der Waals surface area contributed by atoms with Crippen molar-refractivity contribution < 1.29 is 37.4 Å². The number of alkyl carbamates (subject to hydrolysis) is 1. The molecule has 2 aromatic rings. The van der Waals surface area contributed by atoms with E-state index in [4.69, 9.17) is 9.84 Å². The molecule has 0 aliphatic heterocycles. The number of carbonyl (C=O) groups excluding carboxylic acids is 2. The molecule has 1 aliphatic carbocycles. The minimum Gasteiger partial charge on any atom is -0.480 e. The van der Waals surface area contributed by atoms with E-state index in [2.05, 4.69) is 0 Å². The van der Waals surface area contributed by atoms with Crippen molar-refractivity contribution in [1.29, 1.82) is 0 Å². The van der Waals surface area contributed by atoms with Gasteiger partial charge in [-0.15, -0.1) is 0 Å². The molecule has 7 nitrogen and oxygen atoms in total. The Hall–Kier alpha value is -3.56. The summed E-state index contributed by atoms with van der Waals surface area (Å²) in [6, 6.07) is 13.3. The largest absolute Gasteiger partial charge is 0.480 e. The maximum absolute atomic E-state index is 13.8. The fourth-order valence-electron chi connectivity index (χ4n) is 3.78. The fraction of sp³-hybridized carbons (Fsp3) is 0.348. The van der Waals surface area contributed by atoms with Gasteiger partial charge in [0.05, 0.1) is 0 Å². The van der Waals surface area contributed by atoms with E-state index in [-0.39, 0.29) is 12.5 Å². The van der Waals surface area contributed by atoms with Gasteiger partial charge in [0.1, 0.15) is 12.6 Å². The zero-order chi connectivity index (χ0) is 24.6. The van der Waals surface area contributed by atoms with Gasteiger partial charge in [0.25, 0.3) is 5.91 Å². The standard InChI is InChI=1S/C23H23F3N2O5/c1-13(19(29)30)28(3)20(31)22(2,23(24,25)26)27-21(32)33-12-18-16-10-6-4-8-14(16)15-9-5-7-11-17(15)18/h4-11,13,18H,12H2,1-3H3,(H,27,32)(H,29,30)/t13-,22?/m0/s1. The molecule has 0 spiro atoms. The molecular formula is C23H23F3N2O5. The Morgan fingerprint density at radius 3 is 2.00 bits per heavy atom. The average Bonchev–Trinajstić information content (AvgIpc) is 3.09. The number of aliphatic carboxylic acids is 1. The molecule has 10 heteroatoms. The lowest BCUT2D eigenvalue weighted by Gasteiger charge is -2.35. The van der Waals surface area contributed by atoms with Gasteiger partial charge >= 0.3 is 18.2 Å². The molecule has 0 saturated heterocycles. The van der Waals surface area contributed by atoms with E-state index in [1.165, 1.54) is 0 Å². The minimum absolute atomic E-state index is 0.247. The zero-order valence-electron chi connectivity index (χ0n) is 18.1. The van der Waals surface area contributed by atoms with Crippen molar-refractivity contribution in [3.8, 4) is 11.1 Å². The Morgan fingerprint density at radius 1 is 1.06 bits per heavy atom. The highest BCUT2D eigenvalue weighted by Crippen LogP contribution is 2.44. The summed E-state index contributed by atoms with van der Waals surface area (Å²) >= 11 is 0. The first-order valence-electron chi connectivity index (χ1n) is 10.1. The molecule has 1 aliphatic rings. The molecule has 2 atom stereocenters. The van der Waals surface area contributed by atoms with Crippen LogP contribution >= 0.6 is 0 Å². The van der Waals surface area contributed by atoms with E-state index < -0.39 is 35.7 Å². The van der Waals surface area contributed by atoms with E-state index in [9.17, 15) is 27.6 Å². The third-order valence-electron chi connectivity index (χ3n) is 5.95. The van der Waals surface area contributed by atoms with Gasteiger partial charge in [-0.3, -0.25) is 10.1 Å². The van der Waals surface area contributed by atoms with E-state index in [1.807, 2.05) is 48.5 Å². The summed E-state index contributed by atoms with van der Waals surface area (Å²) in [5, 5.41) is 10.6. The number of hydrogen-bond acceptors (Lipinski definition) is 4. The van der Waals surface area contributed by atoms with Crippen molar-refractivity contribution in [3.05, 3.63) is 59.7 Å². The summed E-state index contributed by atoms with van der Waals surface area (Å²) in [5.74, 6) is -3.50. The molecule has 0 saturated carbocycles.